The molecule has 1 aromatic carbocycles. The van der Waals surface area contributed by atoms with Crippen LogP contribution in [-0.4, -0.2) is 4.98 Å². The van der Waals surface area contributed by atoms with Gasteiger partial charge in [0.15, 0.2) is 0 Å². The normalized spacial score (nSPS) is 9.71. The molecule has 2 aromatic rings. The van der Waals surface area contributed by atoms with Crippen LogP contribution in [0.15, 0.2) is 36.7 Å². The van der Waals surface area contributed by atoms with Gasteiger partial charge in [0.25, 0.3) is 0 Å². The molecule has 1 aromatic heterocycles. The molecule has 0 fully saturated rings. The van der Waals surface area contributed by atoms with Crippen molar-refractivity contribution in [3.8, 4) is 6.07 Å². The second-order valence-electron chi connectivity index (χ2n) is 3.98. The second-order valence-corrected chi connectivity index (χ2v) is 3.98. The average molecular weight is 223 g/mol. The lowest BCUT2D eigenvalue weighted by atomic mass is 10.1. The number of rotatable bonds is 2. The highest BCUT2D eigenvalue weighted by Gasteiger charge is 2.04. The summed E-state index contributed by atoms with van der Waals surface area (Å²) in [5, 5.41) is 12.3. The van der Waals surface area contributed by atoms with Gasteiger partial charge >= 0.3 is 0 Å². The molecule has 2 rings (SSSR count). The van der Waals surface area contributed by atoms with E-state index in [-0.39, 0.29) is 0 Å². The lowest BCUT2D eigenvalue weighted by Gasteiger charge is -2.10. The number of nitrogens with one attached hydrogen (secondary N) is 1. The van der Waals surface area contributed by atoms with Crippen molar-refractivity contribution in [2.75, 3.05) is 5.32 Å². The van der Waals surface area contributed by atoms with E-state index in [1.165, 1.54) is 0 Å². The van der Waals surface area contributed by atoms with Crippen LogP contribution in [0.3, 0.4) is 0 Å². The zero-order valence-electron chi connectivity index (χ0n) is 9.86. The molecule has 3 heteroatoms. The highest BCUT2D eigenvalue weighted by Crippen LogP contribution is 2.23. The maximum atomic E-state index is 9.08. The number of hydrogen-bond acceptors (Lipinski definition) is 3. The van der Waals surface area contributed by atoms with E-state index in [1.54, 1.807) is 12.4 Å². The van der Waals surface area contributed by atoms with Gasteiger partial charge in [-0.3, -0.25) is 4.98 Å². The van der Waals surface area contributed by atoms with Gasteiger partial charge in [-0.05, 0) is 43.2 Å². The maximum Gasteiger partial charge on any atom is 0.101 e. The number of nitriles is 1. The molecular weight excluding hydrogens is 210 g/mol. The number of anilines is 2. The molecule has 17 heavy (non-hydrogen) atoms. The smallest absolute Gasteiger partial charge is 0.101 e. The van der Waals surface area contributed by atoms with Crippen molar-refractivity contribution in [1.29, 1.82) is 5.26 Å². The molecule has 1 heterocycles. The first-order chi connectivity index (χ1) is 8.20. The van der Waals surface area contributed by atoms with Gasteiger partial charge in [-0.15, -0.1) is 0 Å². The van der Waals surface area contributed by atoms with Crippen LogP contribution < -0.4 is 5.32 Å². The van der Waals surface area contributed by atoms with Crippen LogP contribution in [0.25, 0.3) is 0 Å². The minimum atomic E-state index is 0.647. The van der Waals surface area contributed by atoms with Gasteiger partial charge in [0, 0.05) is 6.20 Å². The van der Waals surface area contributed by atoms with E-state index in [9.17, 15) is 0 Å². The molecule has 0 radical (unpaired) electrons. The van der Waals surface area contributed by atoms with Gasteiger partial charge in [-0.25, -0.2) is 0 Å². The molecule has 0 aliphatic heterocycles. The van der Waals surface area contributed by atoms with E-state index in [0.717, 1.165) is 22.5 Å². The summed E-state index contributed by atoms with van der Waals surface area (Å²) in [6, 6.07) is 9.89. The number of aryl methyl sites for hydroxylation is 2. The van der Waals surface area contributed by atoms with Crippen LogP contribution >= 0.6 is 0 Å². The van der Waals surface area contributed by atoms with Gasteiger partial charge in [0.1, 0.15) is 6.07 Å². The Morgan fingerprint density at radius 1 is 1.18 bits per heavy atom. The first-order valence-corrected chi connectivity index (χ1v) is 5.39. The zero-order valence-corrected chi connectivity index (χ0v) is 9.86. The molecule has 0 saturated heterocycles. The summed E-state index contributed by atoms with van der Waals surface area (Å²) in [4.78, 5) is 4.07. The first-order valence-electron chi connectivity index (χ1n) is 5.39. The van der Waals surface area contributed by atoms with Crippen molar-refractivity contribution in [2.24, 2.45) is 0 Å². The third-order valence-electron chi connectivity index (χ3n) is 2.60. The lowest BCUT2D eigenvalue weighted by Crippen LogP contribution is -1.96. The zero-order chi connectivity index (χ0) is 12.3. The quantitative estimate of drug-likeness (QED) is 0.849. The fraction of sp³-hybridized carbons (Fsp3) is 0.143. The molecule has 0 aliphatic carbocycles. The predicted molar refractivity (Wildman–Crippen MR) is 68.2 cm³/mol. The van der Waals surface area contributed by atoms with E-state index < -0.39 is 0 Å². The Bertz CT molecular complexity index is 582. The van der Waals surface area contributed by atoms with Gasteiger partial charge in [0.2, 0.25) is 0 Å². The molecule has 0 unspecified atom stereocenters. The predicted octanol–water partition coefficient (Wildman–Crippen LogP) is 3.31. The molecule has 0 atom stereocenters. The van der Waals surface area contributed by atoms with Crippen LogP contribution in [0.5, 0.6) is 0 Å². The summed E-state index contributed by atoms with van der Waals surface area (Å²) in [5.74, 6) is 0. The molecule has 1 N–H and O–H groups in total. The maximum absolute atomic E-state index is 9.08. The van der Waals surface area contributed by atoms with E-state index in [1.807, 2.05) is 38.1 Å². The van der Waals surface area contributed by atoms with Crippen molar-refractivity contribution < 1.29 is 0 Å². The number of pyridine rings is 1. The minimum Gasteiger partial charge on any atom is -0.353 e. The van der Waals surface area contributed by atoms with E-state index in [0.29, 0.717) is 5.56 Å². The lowest BCUT2D eigenvalue weighted by molar-refractivity contribution is 1.27. The molecule has 0 aliphatic rings. The van der Waals surface area contributed by atoms with Gasteiger partial charge < -0.3 is 5.32 Å². The van der Waals surface area contributed by atoms with E-state index in [4.69, 9.17) is 5.26 Å². The summed E-state index contributed by atoms with van der Waals surface area (Å²) in [6.07, 6.45) is 3.51. The summed E-state index contributed by atoms with van der Waals surface area (Å²) >= 11 is 0. The monoisotopic (exact) mass is 223 g/mol. The van der Waals surface area contributed by atoms with E-state index in [2.05, 4.69) is 16.4 Å². The van der Waals surface area contributed by atoms with Crippen molar-refractivity contribution in [2.45, 2.75) is 13.8 Å². The number of nitrogens with zero attached hydrogens (tertiary/aromatic N) is 2. The third kappa shape index (κ3) is 2.43. The average Bonchev–Trinajstić information content (AvgIpc) is 2.34. The summed E-state index contributed by atoms with van der Waals surface area (Å²) in [5.41, 5.74) is 4.56. The van der Waals surface area contributed by atoms with Crippen molar-refractivity contribution >= 4 is 11.4 Å². The Hall–Kier alpha value is -2.34. The van der Waals surface area contributed by atoms with Crippen LogP contribution in [0, 0.1) is 25.2 Å². The Morgan fingerprint density at radius 3 is 2.71 bits per heavy atom. The molecule has 0 spiro atoms. The Labute approximate surface area is 101 Å². The van der Waals surface area contributed by atoms with Gasteiger partial charge in [0.05, 0.1) is 23.1 Å². The van der Waals surface area contributed by atoms with Crippen LogP contribution in [0.1, 0.15) is 16.7 Å². The highest BCUT2D eigenvalue weighted by atomic mass is 14.9. The first kappa shape index (κ1) is 11.2. The molecule has 0 amide bonds. The molecular formula is C14H13N3. The summed E-state index contributed by atoms with van der Waals surface area (Å²) in [6.45, 7) is 3.98. The fourth-order valence-electron chi connectivity index (χ4n) is 1.60. The van der Waals surface area contributed by atoms with Crippen molar-refractivity contribution in [3.63, 3.8) is 0 Å². The largest absolute Gasteiger partial charge is 0.353 e. The SMILES string of the molecule is Cc1ccc(Nc2cnccc2C)c(C#N)c1. The fourth-order valence-corrected chi connectivity index (χ4v) is 1.60. The summed E-state index contributed by atoms with van der Waals surface area (Å²) < 4.78 is 0. The van der Waals surface area contributed by atoms with E-state index >= 15 is 0 Å². The molecule has 84 valence electrons. The van der Waals surface area contributed by atoms with Crippen LogP contribution in [-0.2, 0) is 0 Å². The third-order valence-corrected chi connectivity index (χ3v) is 2.60. The van der Waals surface area contributed by atoms with Gasteiger partial charge in [-0.2, -0.15) is 5.26 Å². The van der Waals surface area contributed by atoms with Crippen molar-refractivity contribution in [3.05, 3.63) is 53.3 Å². The topological polar surface area (TPSA) is 48.7 Å². The Balaban J connectivity index is 2.37. The molecule has 0 bridgehead atoms. The van der Waals surface area contributed by atoms with Crippen LogP contribution in [0.2, 0.25) is 0 Å². The molecule has 3 nitrogen and oxygen atoms in total. The standard InChI is InChI=1S/C14H13N3/c1-10-3-4-13(12(7-10)8-15)17-14-9-16-6-5-11(14)2/h3-7,9,17H,1-2H3. The number of benzene rings is 1. The Kier molecular flexibility index (Phi) is 3.06. The van der Waals surface area contributed by atoms with Gasteiger partial charge in [-0.1, -0.05) is 6.07 Å². The minimum absolute atomic E-state index is 0.647. The molecule has 0 saturated carbocycles. The summed E-state index contributed by atoms with van der Waals surface area (Å²) in [7, 11) is 0. The second kappa shape index (κ2) is 4.67. The Morgan fingerprint density at radius 2 is 2.00 bits per heavy atom. The van der Waals surface area contributed by atoms with Crippen LogP contribution in [0.4, 0.5) is 11.4 Å². The highest BCUT2D eigenvalue weighted by molar-refractivity contribution is 5.68. The number of aromatic nitrogens is 1. The van der Waals surface area contributed by atoms with Crippen molar-refractivity contribution in [1.82, 2.24) is 4.98 Å². The number of hydrogen-bond donors (Lipinski definition) is 1.